The van der Waals surface area contributed by atoms with Crippen LogP contribution in [0.25, 0.3) is 0 Å². The number of nitrogens with zero attached hydrogens (tertiary/aromatic N) is 3. The second kappa shape index (κ2) is 7.33. The highest BCUT2D eigenvalue weighted by Crippen LogP contribution is 2.27. The van der Waals surface area contributed by atoms with E-state index >= 15 is 0 Å². The van der Waals surface area contributed by atoms with Gasteiger partial charge in [0.1, 0.15) is 12.6 Å². The molecule has 2 heterocycles. The SMILES string of the molecule is CN(CC(=O)Nc1ccc(Cl)cc1)C(=O)CN1C(=O)[C@H]2CCCN2C1=O. The van der Waals surface area contributed by atoms with E-state index < -0.39 is 18.0 Å². The molecule has 0 saturated carbocycles. The van der Waals surface area contributed by atoms with Gasteiger partial charge < -0.3 is 15.1 Å². The first-order valence-corrected chi connectivity index (χ1v) is 8.66. The van der Waals surface area contributed by atoms with E-state index in [1.165, 1.54) is 16.8 Å². The van der Waals surface area contributed by atoms with Crippen molar-refractivity contribution in [2.75, 3.05) is 32.0 Å². The Balaban J connectivity index is 1.53. The summed E-state index contributed by atoms with van der Waals surface area (Å²) < 4.78 is 0. The van der Waals surface area contributed by atoms with Crippen LogP contribution < -0.4 is 5.32 Å². The molecule has 26 heavy (non-hydrogen) atoms. The Morgan fingerprint density at radius 1 is 1.27 bits per heavy atom. The summed E-state index contributed by atoms with van der Waals surface area (Å²) in [6.45, 7) is -0.000513. The molecule has 0 unspecified atom stereocenters. The van der Waals surface area contributed by atoms with Crippen molar-refractivity contribution >= 4 is 41.0 Å². The first-order valence-electron chi connectivity index (χ1n) is 8.28. The molecule has 8 nitrogen and oxygen atoms in total. The third-order valence-electron chi connectivity index (χ3n) is 4.51. The normalized spacial score (nSPS) is 18.9. The lowest BCUT2D eigenvalue weighted by Gasteiger charge is -2.20. The predicted molar refractivity (Wildman–Crippen MR) is 94.6 cm³/mol. The minimum Gasteiger partial charge on any atom is -0.335 e. The van der Waals surface area contributed by atoms with Gasteiger partial charge >= 0.3 is 6.03 Å². The lowest BCUT2D eigenvalue weighted by molar-refractivity contribution is -0.137. The fraction of sp³-hybridized carbons (Fsp3) is 0.412. The number of hydrogen-bond acceptors (Lipinski definition) is 4. The van der Waals surface area contributed by atoms with E-state index in [9.17, 15) is 19.2 Å². The van der Waals surface area contributed by atoms with Crippen LogP contribution in [0.2, 0.25) is 5.02 Å². The van der Waals surface area contributed by atoms with Gasteiger partial charge in [-0.1, -0.05) is 11.6 Å². The minimum atomic E-state index is -0.473. The van der Waals surface area contributed by atoms with Crippen LogP contribution in [-0.4, -0.2) is 71.2 Å². The van der Waals surface area contributed by atoms with Crippen LogP contribution in [0.15, 0.2) is 24.3 Å². The van der Waals surface area contributed by atoms with Gasteiger partial charge in [0.25, 0.3) is 5.91 Å². The highest BCUT2D eigenvalue weighted by Gasteiger charge is 2.47. The van der Waals surface area contributed by atoms with Crippen LogP contribution in [0.1, 0.15) is 12.8 Å². The number of imide groups is 1. The smallest absolute Gasteiger partial charge is 0.327 e. The molecule has 0 aliphatic carbocycles. The third kappa shape index (κ3) is 3.65. The van der Waals surface area contributed by atoms with Gasteiger partial charge in [-0.25, -0.2) is 4.79 Å². The average Bonchev–Trinajstić information content (AvgIpc) is 3.16. The van der Waals surface area contributed by atoms with E-state index in [1.54, 1.807) is 24.3 Å². The number of fused-ring (bicyclic) bond motifs is 1. The summed E-state index contributed by atoms with van der Waals surface area (Å²) in [5.74, 6) is -1.19. The highest BCUT2D eigenvalue weighted by molar-refractivity contribution is 6.30. The van der Waals surface area contributed by atoms with Crippen LogP contribution in [0, 0.1) is 0 Å². The summed E-state index contributed by atoms with van der Waals surface area (Å²) in [5.41, 5.74) is 0.561. The molecule has 1 aromatic rings. The Morgan fingerprint density at radius 3 is 2.62 bits per heavy atom. The number of carbonyl (C=O) groups is 4. The molecule has 1 N–H and O–H groups in total. The van der Waals surface area contributed by atoms with Gasteiger partial charge in [-0.3, -0.25) is 19.3 Å². The number of amides is 5. The first-order chi connectivity index (χ1) is 12.4. The summed E-state index contributed by atoms with van der Waals surface area (Å²) in [4.78, 5) is 52.5. The van der Waals surface area contributed by atoms with Gasteiger partial charge in [-0.05, 0) is 37.1 Å². The van der Waals surface area contributed by atoms with Gasteiger partial charge in [0.15, 0.2) is 0 Å². The molecule has 0 spiro atoms. The Hall–Kier alpha value is -2.61. The van der Waals surface area contributed by atoms with E-state index in [0.29, 0.717) is 23.7 Å². The van der Waals surface area contributed by atoms with Crippen molar-refractivity contribution in [3.63, 3.8) is 0 Å². The molecule has 0 radical (unpaired) electrons. The first kappa shape index (κ1) is 18.2. The molecular weight excluding hydrogens is 360 g/mol. The monoisotopic (exact) mass is 378 g/mol. The number of nitrogens with one attached hydrogen (secondary N) is 1. The zero-order valence-corrected chi connectivity index (χ0v) is 15.0. The number of anilines is 1. The Kier molecular flexibility index (Phi) is 5.13. The second-order valence-corrected chi connectivity index (χ2v) is 6.80. The zero-order chi connectivity index (χ0) is 18.8. The largest absolute Gasteiger partial charge is 0.335 e. The van der Waals surface area contributed by atoms with Crippen molar-refractivity contribution in [2.45, 2.75) is 18.9 Å². The van der Waals surface area contributed by atoms with Crippen molar-refractivity contribution in [1.82, 2.24) is 14.7 Å². The quantitative estimate of drug-likeness (QED) is 0.778. The van der Waals surface area contributed by atoms with E-state index in [1.807, 2.05) is 0 Å². The molecule has 2 aliphatic rings. The number of carbonyl (C=O) groups excluding carboxylic acids is 4. The van der Waals surface area contributed by atoms with E-state index in [2.05, 4.69) is 5.32 Å². The van der Waals surface area contributed by atoms with Gasteiger partial charge in [-0.2, -0.15) is 0 Å². The Labute approximate surface area is 155 Å². The molecule has 0 bridgehead atoms. The number of benzene rings is 1. The van der Waals surface area contributed by atoms with Crippen LogP contribution in [0.5, 0.6) is 0 Å². The highest BCUT2D eigenvalue weighted by atomic mass is 35.5. The van der Waals surface area contributed by atoms with Crippen molar-refractivity contribution in [2.24, 2.45) is 0 Å². The van der Waals surface area contributed by atoms with E-state index in [4.69, 9.17) is 11.6 Å². The van der Waals surface area contributed by atoms with Crippen LogP contribution in [0.4, 0.5) is 10.5 Å². The zero-order valence-electron chi connectivity index (χ0n) is 14.3. The fourth-order valence-corrected chi connectivity index (χ4v) is 3.25. The van der Waals surface area contributed by atoms with E-state index in [0.717, 1.165) is 11.3 Å². The molecule has 5 amide bonds. The molecule has 2 saturated heterocycles. The van der Waals surface area contributed by atoms with Crippen molar-refractivity contribution in [1.29, 1.82) is 0 Å². The van der Waals surface area contributed by atoms with Gasteiger partial charge in [0.05, 0.1) is 6.54 Å². The van der Waals surface area contributed by atoms with Gasteiger partial charge in [-0.15, -0.1) is 0 Å². The molecule has 0 aromatic heterocycles. The van der Waals surface area contributed by atoms with Crippen molar-refractivity contribution in [3.05, 3.63) is 29.3 Å². The molecule has 1 aromatic carbocycles. The maximum atomic E-state index is 12.3. The Bertz CT molecular complexity index is 730. The summed E-state index contributed by atoms with van der Waals surface area (Å²) >= 11 is 5.79. The number of hydrogen-bond donors (Lipinski definition) is 1. The van der Waals surface area contributed by atoms with Crippen molar-refractivity contribution in [3.8, 4) is 0 Å². The summed E-state index contributed by atoms with van der Waals surface area (Å²) in [6.07, 6.45) is 1.43. The summed E-state index contributed by atoms with van der Waals surface area (Å²) in [6, 6.07) is 5.72. The maximum Gasteiger partial charge on any atom is 0.327 e. The lowest BCUT2D eigenvalue weighted by atomic mass is 10.2. The van der Waals surface area contributed by atoms with Crippen molar-refractivity contribution < 1.29 is 19.2 Å². The third-order valence-corrected chi connectivity index (χ3v) is 4.76. The fourth-order valence-electron chi connectivity index (χ4n) is 3.12. The van der Waals surface area contributed by atoms with Crippen LogP contribution in [0.3, 0.4) is 0 Å². The van der Waals surface area contributed by atoms with Gasteiger partial charge in [0.2, 0.25) is 11.8 Å². The summed E-state index contributed by atoms with van der Waals surface area (Å²) in [5, 5.41) is 3.20. The minimum absolute atomic E-state index is 0.190. The van der Waals surface area contributed by atoms with E-state index in [-0.39, 0.29) is 24.9 Å². The molecule has 1 atom stereocenters. The average molecular weight is 379 g/mol. The number of likely N-dealkylation sites (N-methyl/N-ethyl adjacent to an activating group) is 1. The molecule has 3 rings (SSSR count). The number of halogens is 1. The number of urea groups is 1. The van der Waals surface area contributed by atoms with Crippen LogP contribution in [-0.2, 0) is 14.4 Å². The molecular formula is C17H19ClN4O4. The molecule has 2 aliphatic heterocycles. The van der Waals surface area contributed by atoms with Gasteiger partial charge in [0, 0.05) is 24.3 Å². The lowest BCUT2D eigenvalue weighted by Crippen LogP contribution is -2.44. The molecule has 9 heteroatoms. The standard InChI is InChI=1S/C17H19ClN4O4/c1-20(9-14(23)19-12-6-4-11(18)5-7-12)15(24)10-22-16(25)13-3-2-8-21(13)17(22)26/h4-7,13H,2-3,8-10H2,1H3,(H,19,23)/t13-/m1/s1. The van der Waals surface area contributed by atoms with Crippen LogP contribution >= 0.6 is 11.6 Å². The molecule has 2 fully saturated rings. The summed E-state index contributed by atoms with van der Waals surface area (Å²) in [7, 11) is 1.45. The Morgan fingerprint density at radius 2 is 1.96 bits per heavy atom. The molecule has 138 valence electrons. The predicted octanol–water partition coefficient (Wildman–Crippen LogP) is 1.16. The maximum absolute atomic E-state index is 12.3. The second-order valence-electron chi connectivity index (χ2n) is 6.36. The topological polar surface area (TPSA) is 90.0 Å². The number of rotatable bonds is 5.